The molecule has 0 aromatic heterocycles. The average Bonchev–Trinajstić information content (AvgIpc) is 2.31. The van der Waals surface area contributed by atoms with Crippen LogP contribution in [0.2, 0.25) is 0 Å². The highest BCUT2D eigenvalue weighted by Gasteiger charge is 1.86. The monoisotopic (exact) mass is 224 g/mol. The van der Waals surface area contributed by atoms with Crippen molar-refractivity contribution in [2.24, 2.45) is 0 Å². The SMILES string of the molecule is CCCCCC=CC=CCCCCCCO. The summed E-state index contributed by atoms with van der Waals surface area (Å²) in [5.41, 5.74) is 0. The van der Waals surface area contributed by atoms with E-state index >= 15 is 0 Å². The van der Waals surface area contributed by atoms with Gasteiger partial charge in [0.05, 0.1) is 0 Å². The molecule has 0 radical (unpaired) electrons. The van der Waals surface area contributed by atoms with Crippen LogP contribution >= 0.6 is 0 Å². The minimum absolute atomic E-state index is 0.344. The number of rotatable bonds is 11. The molecule has 0 rings (SSSR count). The lowest BCUT2D eigenvalue weighted by Gasteiger charge is -1.95. The highest BCUT2D eigenvalue weighted by atomic mass is 16.2. The van der Waals surface area contributed by atoms with Gasteiger partial charge >= 0.3 is 0 Å². The van der Waals surface area contributed by atoms with Crippen LogP contribution in [0.5, 0.6) is 0 Å². The molecule has 0 aliphatic carbocycles. The van der Waals surface area contributed by atoms with Gasteiger partial charge in [0.25, 0.3) is 0 Å². The molecule has 0 saturated carbocycles. The fourth-order valence-electron chi connectivity index (χ4n) is 1.59. The lowest BCUT2D eigenvalue weighted by atomic mass is 10.1. The van der Waals surface area contributed by atoms with Gasteiger partial charge in [0, 0.05) is 6.61 Å². The molecule has 1 N–H and O–H groups in total. The first-order valence-corrected chi connectivity index (χ1v) is 6.84. The van der Waals surface area contributed by atoms with E-state index < -0.39 is 0 Å². The molecule has 0 unspecified atom stereocenters. The van der Waals surface area contributed by atoms with Crippen molar-refractivity contribution in [2.75, 3.05) is 6.61 Å². The van der Waals surface area contributed by atoms with Crippen molar-refractivity contribution < 1.29 is 5.11 Å². The van der Waals surface area contributed by atoms with Crippen molar-refractivity contribution in [3.63, 3.8) is 0 Å². The van der Waals surface area contributed by atoms with Crippen LogP contribution in [-0.2, 0) is 0 Å². The maximum absolute atomic E-state index is 8.60. The van der Waals surface area contributed by atoms with E-state index in [4.69, 9.17) is 5.11 Å². The minimum atomic E-state index is 0.344. The molecule has 0 aliphatic rings. The molecular weight excluding hydrogens is 196 g/mol. The highest BCUT2D eigenvalue weighted by molar-refractivity contribution is 5.02. The third kappa shape index (κ3) is 13.4. The third-order valence-corrected chi connectivity index (χ3v) is 2.64. The molecule has 0 bridgehead atoms. The second-order valence-corrected chi connectivity index (χ2v) is 4.28. The van der Waals surface area contributed by atoms with Crippen molar-refractivity contribution in [3.8, 4) is 0 Å². The summed E-state index contributed by atoms with van der Waals surface area (Å²) < 4.78 is 0. The Morgan fingerprint density at radius 2 is 1.31 bits per heavy atom. The zero-order valence-corrected chi connectivity index (χ0v) is 10.8. The fraction of sp³-hybridized carbons (Fsp3) is 0.733. The van der Waals surface area contributed by atoms with E-state index in [1.165, 1.54) is 44.9 Å². The van der Waals surface area contributed by atoms with E-state index in [-0.39, 0.29) is 0 Å². The first-order chi connectivity index (χ1) is 7.91. The number of unbranched alkanes of at least 4 members (excludes halogenated alkanes) is 7. The van der Waals surface area contributed by atoms with Crippen LogP contribution in [0.15, 0.2) is 24.3 Å². The summed E-state index contributed by atoms with van der Waals surface area (Å²) in [6.07, 6.45) is 19.8. The van der Waals surface area contributed by atoms with Gasteiger partial charge in [-0.3, -0.25) is 0 Å². The van der Waals surface area contributed by atoms with Crippen LogP contribution < -0.4 is 0 Å². The summed E-state index contributed by atoms with van der Waals surface area (Å²) in [5.74, 6) is 0. The molecule has 0 fully saturated rings. The molecule has 0 spiro atoms. The summed E-state index contributed by atoms with van der Waals surface area (Å²) in [6.45, 7) is 2.58. The molecule has 94 valence electrons. The number of aliphatic hydroxyl groups is 1. The summed E-state index contributed by atoms with van der Waals surface area (Å²) in [5, 5.41) is 8.60. The first kappa shape index (κ1) is 15.4. The summed E-state index contributed by atoms with van der Waals surface area (Å²) in [6, 6.07) is 0. The Labute approximate surface area is 101 Å². The van der Waals surface area contributed by atoms with Gasteiger partial charge in [0.2, 0.25) is 0 Å². The summed E-state index contributed by atoms with van der Waals surface area (Å²) in [7, 11) is 0. The van der Waals surface area contributed by atoms with E-state index in [9.17, 15) is 0 Å². The van der Waals surface area contributed by atoms with Gasteiger partial charge in [0.1, 0.15) is 0 Å². The first-order valence-electron chi connectivity index (χ1n) is 6.84. The number of aliphatic hydroxyl groups excluding tert-OH is 1. The Kier molecular flexibility index (Phi) is 13.9. The molecule has 1 heteroatoms. The van der Waals surface area contributed by atoms with Gasteiger partial charge in [-0.05, 0) is 32.1 Å². The predicted octanol–water partition coefficient (Wildman–Crippen LogP) is 4.62. The zero-order chi connectivity index (χ0) is 11.9. The predicted molar refractivity (Wildman–Crippen MR) is 72.6 cm³/mol. The van der Waals surface area contributed by atoms with Gasteiger partial charge in [-0.1, -0.05) is 56.9 Å². The van der Waals surface area contributed by atoms with E-state index in [1.807, 2.05) is 0 Å². The largest absolute Gasteiger partial charge is 0.396 e. The Hall–Kier alpha value is -0.560. The second-order valence-electron chi connectivity index (χ2n) is 4.28. The fourth-order valence-corrected chi connectivity index (χ4v) is 1.59. The molecule has 16 heavy (non-hydrogen) atoms. The normalized spacial score (nSPS) is 11.9. The molecule has 0 amide bonds. The Morgan fingerprint density at radius 3 is 1.88 bits per heavy atom. The van der Waals surface area contributed by atoms with Crippen LogP contribution in [0.4, 0.5) is 0 Å². The van der Waals surface area contributed by atoms with E-state index in [1.54, 1.807) is 0 Å². The molecular formula is C15H28O. The van der Waals surface area contributed by atoms with Crippen LogP contribution in [0, 0.1) is 0 Å². The van der Waals surface area contributed by atoms with Crippen molar-refractivity contribution in [3.05, 3.63) is 24.3 Å². The highest BCUT2D eigenvalue weighted by Crippen LogP contribution is 2.03. The minimum Gasteiger partial charge on any atom is -0.396 e. The van der Waals surface area contributed by atoms with E-state index in [0.29, 0.717) is 6.61 Å². The summed E-state index contributed by atoms with van der Waals surface area (Å²) >= 11 is 0. The van der Waals surface area contributed by atoms with Crippen LogP contribution in [0.25, 0.3) is 0 Å². The Balaban J connectivity index is 3.14. The molecule has 1 nitrogen and oxygen atoms in total. The molecule has 0 heterocycles. The van der Waals surface area contributed by atoms with Gasteiger partial charge < -0.3 is 5.11 Å². The molecule has 0 aromatic rings. The molecule has 0 aliphatic heterocycles. The van der Waals surface area contributed by atoms with Crippen molar-refractivity contribution in [1.29, 1.82) is 0 Å². The maximum Gasteiger partial charge on any atom is 0.0431 e. The van der Waals surface area contributed by atoms with Crippen LogP contribution in [-0.4, -0.2) is 11.7 Å². The molecule has 0 atom stereocenters. The van der Waals surface area contributed by atoms with Gasteiger partial charge in [-0.15, -0.1) is 0 Å². The second kappa shape index (κ2) is 14.4. The number of hydrogen-bond donors (Lipinski definition) is 1. The number of allylic oxidation sites excluding steroid dienone is 4. The van der Waals surface area contributed by atoms with Gasteiger partial charge in [-0.2, -0.15) is 0 Å². The molecule has 0 saturated heterocycles. The van der Waals surface area contributed by atoms with E-state index in [0.717, 1.165) is 12.8 Å². The van der Waals surface area contributed by atoms with Gasteiger partial charge in [-0.25, -0.2) is 0 Å². The van der Waals surface area contributed by atoms with Crippen molar-refractivity contribution >= 4 is 0 Å². The van der Waals surface area contributed by atoms with E-state index in [2.05, 4.69) is 31.2 Å². The van der Waals surface area contributed by atoms with Crippen molar-refractivity contribution in [2.45, 2.75) is 64.7 Å². The maximum atomic E-state index is 8.60. The van der Waals surface area contributed by atoms with Crippen LogP contribution in [0.1, 0.15) is 64.7 Å². The van der Waals surface area contributed by atoms with Crippen molar-refractivity contribution in [1.82, 2.24) is 0 Å². The third-order valence-electron chi connectivity index (χ3n) is 2.64. The molecule has 0 aromatic carbocycles. The lowest BCUT2D eigenvalue weighted by Crippen LogP contribution is -1.82. The number of hydrogen-bond acceptors (Lipinski definition) is 1. The zero-order valence-electron chi connectivity index (χ0n) is 10.8. The summed E-state index contributed by atoms with van der Waals surface area (Å²) in [4.78, 5) is 0. The van der Waals surface area contributed by atoms with Gasteiger partial charge in [0.15, 0.2) is 0 Å². The topological polar surface area (TPSA) is 20.2 Å². The Bertz CT molecular complexity index is 170. The quantitative estimate of drug-likeness (QED) is 0.401. The average molecular weight is 224 g/mol. The van der Waals surface area contributed by atoms with Crippen LogP contribution in [0.3, 0.4) is 0 Å². The lowest BCUT2D eigenvalue weighted by molar-refractivity contribution is 0.282. The Morgan fingerprint density at radius 1 is 0.750 bits per heavy atom. The standard InChI is InChI=1S/C15H28O/c1-2-3-4-5-6-7-8-9-10-11-12-13-14-15-16/h6-9,16H,2-5,10-15H2,1H3. The smallest absolute Gasteiger partial charge is 0.0431 e.